The van der Waals surface area contributed by atoms with Gasteiger partial charge in [-0.05, 0) is 60.7 Å². The van der Waals surface area contributed by atoms with Crippen molar-refractivity contribution < 1.29 is 9.53 Å². The van der Waals surface area contributed by atoms with Crippen LogP contribution >= 0.6 is 11.8 Å². The Morgan fingerprint density at radius 3 is 2.71 bits per heavy atom. The number of carbonyl (C=O) groups excluding carboxylic acids is 1. The summed E-state index contributed by atoms with van der Waals surface area (Å²) in [4.78, 5) is 13.6. The Kier molecular flexibility index (Phi) is 3.88. The first-order chi connectivity index (χ1) is 10.2. The van der Waals surface area contributed by atoms with E-state index in [0.717, 1.165) is 4.90 Å². The summed E-state index contributed by atoms with van der Waals surface area (Å²) in [6.45, 7) is 0. The van der Waals surface area contributed by atoms with Gasteiger partial charge in [0.1, 0.15) is 0 Å². The van der Waals surface area contributed by atoms with Gasteiger partial charge >= 0.3 is 5.97 Å². The summed E-state index contributed by atoms with van der Waals surface area (Å²) in [5.41, 5.74) is 10.0. The van der Waals surface area contributed by atoms with Gasteiger partial charge in [-0.1, -0.05) is 17.8 Å². The fourth-order valence-corrected chi connectivity index (χ4v) is 3.53. The molecule has 2 aromatic carbocycles. The summed E-state index contributed by atoms with van der Waals surface area (Å²) in [5, 5.41) is 0. The summed E-state index contributed by atoms with van der Waals surface area (Å²) in [6, 6.07) is 11.9. The number of aryl methyl sites for hydroxylation is 2. The third kappa shape index (κ3) is 2.90. The van der Waals surface area contributed by atoms with Crippen molar-refractivity contribution in [1.29, 1.82) is 0 Å². The van der Waals surface area contributed by atoms with Crippen LogP contribution in [0.25, 0.3) is 0 Å². The maximum atomic E-state index is 11.5. The molecule has 0 radical (unpaired) electrons. The smallest absolute Gasteiger partial charge is 0.337 e. The SMILES string of the molecule is COC(=O)c1ccc(Sc2ccc3c(c2)CCC3)c(N)c1. The highest BCUT2D eigenvalue weighted by Gasteiger charge is 2.13. The third-order valence-electron chi connectivity index (χ3n) is 3.73. The number of esters is 1. The molecule has 0 aliphatic heterocycles. The van der Waals surface area contributed by atoms with Crippen LogP contribution in [0.1, 0.15) is 27.9 Å². The number of hydrogen-bond donors (Lipinski definition) is 1. The Balaban J connectivity index is 1.83. The lowest BCUT2D eigenvalue weighted by Crippen LogP contribution is -2.02. The zero-order chi connectivity index (χ0) is 14.8. The Bertz CT molecular complexity index is 697. The number of nitrogens with two attached hydrogens (primary N) is 1. The highest BCUT2D eigenvalue weighted by atomic mass is 32.2. The van der Waals surface area contributed by atoms with Crippen LogP contribution in [0, 0.1) is 0 Å². The normalized spacial score (nSPS) is 13.0. The third-order valence-corrected chi connectivity index (χ3v) is 4.81. The predicted octanol–water partition coefficient (Wildman–Crippen LogP) is 3.70. The molecule has 1 aliphatic rings. The van der Waals surface area contributed by atoms with Crippen LogP contribution < -0.4 is 5.73 Å². The Labute approximate surface area is 128 Å². The summed E-state index contributed by atoms with van der Waals surface area (Å²) in [5.74, 6) is -0.365. The van der Waals surface area contributed by atoms with E-state index in [2.05, 4.69) is 18.2 Å². The lowest BCUT2D eigenvalue weighted by molar-refractivity contribution is 0.0600. The van der Waals surface area contributed by atoms with Crippen molar-refractivity contribution in [3.8, 4) is 0 Å². The number of carbonyl (C=O) groups is 1. The quantitative estimate of drug-likeness (QED) is 0.693. The van der Waals surface area contributed by atoms with E-state index in [1.54, 1.807) is 23.9 Å². The number of ether oxygens (including phenoxy) is 1. The van der Waals surface area contributed by atoms with Crippen LogP contribution in [-0.2, 0) is 17.6 Å². The number of benzene rings is 2. The Hall–Kier alpha value is -1.94. The standard InChI is InChI=1S/C17H17NO2S/c1-20-17(19)13-6-8-16(15(18)10-13)21-14-7-5-11-3-2-4-12(11)9-14/h5-10H,2-4,18H2,1H3. The van der Waals surface area contributed by atoms with Crippen LogP contribution in [0.2, 0.25) is 0 Å². The summed E-state index contributed by atoms with van der Waals surface area (Å²) >= 11 is 1.63. The maximum Gasteiger partial charge on any atom is 0.337 e. The molecule has 0 spiro atoms. The van der Waals surface area contributed by atoms with E-state index in [4.69, 9.17) is 10.5 Å². The van der Waals surface area contributed by atoms with Crippen LogP contribution in [0.3, 0.4) is 0 Å². The zero-order valence-electron chi connectivity index (χ0n) is 11.9. The largest absolute Gasteiger partial charge is 0.465 e. The molecule has 0 amide bonds. The van der Waals surface area contributed by atoms with Gasteiger partial charge in [-0.2, -0.15) is 0 Å². The van der Waals surface area contributed by atoms with Gasteiger partial charge in [0.2, 0.25) is 0 Å². The van der Waals surface area contributed by atoms with Crippen molar-refractivity contribution in [2.24, 2.45) is 0 Å². The van der Waals surface area contributed by atoms with E-state index < -0.39 is 0 Å². The number of fused-ring (bicyclic) bond motifs is 1. The van der Waals surface area contributed by atoms with Gasteiger partial charge in [0, 0.05) is 15.5 Å². The minimum atomic E-state index is -0.365. The van der Waals surface area contributed by atoms with Gasteiger partial charge in [0.25, 0.3) is 0 Å². The minimum absolute atomic E-state index is 0.365. The summed E-state index contributed by atoms with van der Waals surface area (Å²) < 4.78 is 4.70. The molecule has 0 saturated carbocycles. The first kappa shape index (κ1) is 14.0. The molecule has 0 bridgehead atoms. The lowest BCUT2D eigenvalue weighted by atomic mass is 10.1. The van der Waals surface area contributed by atoms with Crippen molar-refractivity contribution >= 4 is 23.4 Å². The second kappa shape index (κ2) is 5.82. The van der Waals surface area contributed by atoms with Crippen molar-refractivity contribution in [2.75, 3.05) is 12.8 Å². The highest BCUT2D eigenvalue weighted by molar-refractivity contribution is 7.99. The van der Waals surface area contributed by atoms with Gasteiger partial charge in [-0.15, -0.1) is 0 Å². The molecule has 0 fully saturated rings. The molecular formula is C17H17NO2S. The summed E-state index contributed by atoms with van der Waals surface area (Å²) in [6.07, 6.45) is 3.61. The number of rotatable bonds is 3. The van der Waals surface area contributed by atoms with E-state index in [-0.39, 0.29) is 5.97 Å². The van der Waals surface area contributed by atoms with Crippen LogP contribution in [0.15, 0.2) is 46.2 Å². The van der Waals surface area contributed by atoms with E-state index >= 15 is 0 Å². The minimum Gasteiger partial charge on any atom is -0.465 e. The van der Waals surface area contributed by atoms with Crippen LogP contribution in [0.5, 0.6) is 0 Å². The molecule has 0 aromatic heterocycles. The molecule has 21 heavy (non-hydrogen) atoms. The highest BCUT2D eigenvalue weighted by Crippen LogP contribution is 2.35. The van der Waals surface area contributed by atoms with E-state index in [9.17, 15) is 4.79 Å². The molecule has 3 nitrogen and oxygen atoms in total. The number of methoxy groups -OCH3 is 1. The molecule has 0 atom stereocenters. The average molecular weight is 299 g/mol. The topological polar surface area (TPSA) is 52.3 Å². The maximum absolute atomic E-state index is 11.5. The molecule has 108 valence electrons. The number of hydrogen-bond acceptors (Lipinski definition) is 4. The second-order valence-electron chi connectivity index (χ2n) is 5.13. The molecule has 4 heteroatoms. The van der Waals surface area contributed by atoms with E-state index in [1.807, 2.05) is 6.07 Å². The zero-order valence-corrected chi connectivity index (χ0v) is 12.7. The van der Waals surface area contributed by atoms with Crippen LogP contribution in [-0.4, -0.2) is 13.1 Å². The van der Waals surface area contributed by atoms with Gasteiger partial charge < -0.3 is 10.5 Å². The van der Waals surface area contributed by atoms with Crippen LogP contribution in [0.4, 0.5) is 5.69 Å². The lowest BCUT2D eigenvalue weighted by Gasteiger charge is -2.08. The molecule has 0 heterocycles. The van der Waals surface area contributed by atoms with Gasteiger partial charge in [-0.25, -0.2) is 4.79 Å². The predicted molar refractivity (Wildman–Crippen MR) is 84.8 cm³/mol. The first-order valence-corrected chi connectivity index (χ1v) is 7.76. The van der Waals surface area contributed by atoms with E-state index in [1.165, 1.54) is 42.4 Å². The molecule has 3 rings (SSSR count). The fourth-order valence-electron chi connectivity index (χ4n) is 2.62. The summed E-state index contributed by atoms with van der Waals surface area (Å²) in [7, 11) is 1.37. The monoisotopic (exact) mass is 299 g/mol. The van der Waals surface area contributed by atoms with Gasteiger partial charge in [0.05, 0.1) is 12.7 Å². The molecule has 1 aliphatic carbocycles. The first-order valence-electron chi connectivity index (χ1n) is 6.95. The second-order valence-corrected chi connectivity index (χ2v) is 6.25. The van der Waals surface area contributed by atoms with Gasteiger partial charge in [0.15, 0.2) is 0 Å². The van der Waals surface area contributed by atoms with Crippen molar-refractivity contribution in [3.05, 3.63) is 53.1 Å². The van der Waals surface area contributed by atoms with Crippen molar-refractivity contribution in [2.45, 2.75) is 29.1 Å². The average Bonchev–Trinajstić information content (AvgIpc) is 2.96. The number of anilines is 1. The molecule has 2 N–H and O–H groups in total. The molecular weight excluding hydrogens is 282 g/mol. The Morgan fingerprint density at radius 2 is 1.95 bits per heavy atom. The Morgan fingerprint density at radius 1 is 1.14 bits per heavy atom. The molecule has 2 aromatic rings. The van der Waals surface area contributed by atoms with E-state index in [0.29, 0.717) is 11.3 Å². The number of nitrogen functional groups attached to an aromatic ring is 1. The molecule has 0 saturated heterocycles. The molecule has 0 unspecified atom stereocenters. The van der Waals surface area contributed by atoms with Gasteiger partial charge in [-0.3, -0.25) is 0 Å². The van der Waals surface area contributed by atoms with Crippen molar-refractivity contribution in [3.63, 3.8) is 0 Å². The fraction of sp³-hybridized carbons (Fsp3) is 0.235. The van der Waals surface area contributed by atoms with Crippen molar-refractivity contribution in [1.82, 2.24) is 0 Å².